The van der Waals surface area contributed by atoms with Crippen molar-refractivity contribution >= 4 is 11.0 Å². The molecule has 0 bridgehead atoms. The van der Waals surface area contributed by atoms with E-state index in [4.69, 9.17) is 0 Å². The summed E-state index contributed by atoms with van der Waals surface area (Å²) in [5.74, 6) is 0. The second-order valence-corrected chi connectivity index (χ2v) is 6.36. The van der Waals surface area contributed by atoms with Gasteiger partial charge < -0.3 is 4.57 Å². The highest BCUT2D eigenvalue weighted by Crippen LogP contribution is 2.20. The lowest BCUT2D eigenvalue weighted by molar-refractivity contribution is 0.364. The van der Waals surface area contributed by atoms with E-state index in [2.05, 4.69) is 60.8 Å². The Balaban J connectivity index is 2.21. The summed E-state index contributed by atoms with van der Waals surface area (Å²) < 4.78 is 2.14. The molecular weight excluding hydrogens is 260 g/mol. The molecule has 0 saturated carbocycles. The van der Waals surface area contributed by atoms with E-state index in [0.29, 0.717) is 6.04 Å². The molecule has 0 amide bonds. The van der Waals surface area contributed by atoms with Crippen LogP contribution in [0.2, 0.25) is 0 Å². The SMILES string of the molecule is Cc1cc2ncn(CCC(C)(C#N)NC(C)C)c2cc1C. The summed E-state index contributed by atoms with van der Waals surface area (Å²) >= 11 is 0. The first-order valence-corrected chi connectivity index (χ1v) is 7.46. The third-order valence-corrected chi connectivity index (χ3v) is 3.94. The zero-order valence-electron chi connectivity index (χ0n) is 13.6. The molecule has 112 valence electrons. The number of imidazole rings is 1. The van der Waals surface area contributed by atoms with Gasteiger partial charge in [0.2, 0.25) is 0 Å². The van der Waals surface area contributed by atoms with Gasteiger partial charge >= 0.3 is 0 Å². The van der Waals surface area contributed by atoms with Crippen molar-refractivity contribution in [3.63, 3.8) is 0 Å². The largest absolute Gasteiger partial charge is 0.330 e. The van der Waals surface area contributed by atoms with Crippen LogP contribution in [0.4, 0.5) is 0 Å². The predicted molar refractivity (Wildman–Crippen MR) is 86.1 cm³/mol. The van der Waals surface area contributed by atoms with Gasteiger partial charge in [-0.15, -0.1) is 0 Å². The van der Waals surface area contributed by atoms with Gasteiger partial charge in [0.05, 0.1) is 23.4 Å². The van der Waals surface area contributed by atoms with Gasteiger partial charge in [0.1, 0.15) is 5.54 Å². The fourth-order valence-electron chi connectivity index (χ4n) is 2.63. The Labute approximate surface area is 126 Å². The van der Waals surface area contributed by atoms with Crippen LogP contribution >= 0.6 is 0 Å². The van der Waals surface area contributed by atoms with Gasteiger partial charge in [-0.05, 0) is 64.3 Å². The van der Waals surface area contributed by atoms with Crippen LogP contribution in [-0.2, 0) is 6.54 Å². The van der Waals surface area contributed by atoms with E-state index in [0.717, 1.165) is 24.0 Å². The smallest absolute Gasteiger partial charge is 0.105 e. The molecule has 4 heteroatoms. The molecule has 1 aromatic heterocycles. The summed E-state index contributed by atoms with van der Waals surface area (Å²) in [6.07, 6.45) is 2.62. The van der Waals surface area contributed by atoms with Crippen molar-refractivity contribution in [1.29, 1.82) is 5.26 Å². The maximum absolute atomic E-state index is 9.42. The third-order valence-electron chi connectivity index (χ3n) is 3.94. The fourth-order valence-corrected chi connectivity index (χ4v) is 2.63. The lowest BCUT2D eigenvalue weighted by Crippen LogP contribution is -2.45. The lowest BCUT2D eigenvalue weighted by atomic mass is 9.98. The van der Waals surface area contributed by atoms with Crippen molar-refractivity contribution in [1.82, 2.24) is 14.9 Å². The minimum atomic E-state index is -0.509. The Kier molecular flexibility index (Phi) is 4.34. The van der Waals surface area contributed by atoms with E-state index in [1.807, 2.05) is 13.3 Å². The number of aryl methyl sites for hydroxylation is 3. The molecule has 1 aromatic carbocycles. The van der Waals surface area contributed by atoms with Gasteiger partial charge in [-0.2, -0.15) is 5.26 Å². The van der Waals surface area contributed by atoms with Crippen molar-refractivity contribution in [3.05, 3.63) is 29.6 Å². The quantitative estimate of drug-likeness (QED) is 0.916. The molecule has 21 heavy (non-hydrogen) atoms. The van der Waals surface area contributed by atoms with Gasteiger partial charge in [0, 0.05) is 12.6 Å². The number of hydrogen-bond acceptors (Lipinski definition) is 3. The van der Waals surface area contributed by atoms with Gasteiger partial charge in [0.15, 0.2) is 0 Å². The van der Waals surface area contributed by atoms with Gasteiger partial charge in [0.25, 0.3) is 0 Å². The molecule has 0 spiro atoms. The molecular formula is C17H24N4. The molecule has 0 fully saturated rings. The standard InChI is InChI=1S/C17H24N4/c1-12(2)20-17(5,10-18)6-7-21-11-19-15-8-13(3)14(4)9-16(15)21/h8-9,11-12,20H,6-7H2,1-5H3. The van der Waals surface area contributed by atoms with E-state index in [1.165, 1.54) is 11.1 Å². The maximum atomic E-state index is 9.42. The van der Waals surface area contributed by atoms with E-state index in [1.54, 1.807) is 0 Å². The first-order valence-electron chi connectivity index (χ1n) is 7.46. The fraction of sp³-hybridized carbons (Fsp3) is 0.529. The Morgan fingerprint density at radius 2 is 2.00 bits per heavy atom. The van der Waals surface area contributed by atoms with E-state index in [9.17, 15) is 5.26 Å². The Bertz CT molecular complexity index is 678. The van der Waals surface area contributed by atoms with Crippen LogP contribution in [0.3, 0.4) is 0 Å². The maximum Gasteiger partial charge on any atom is 0.105 e. The van der Waals surface area contributed by atoms with Crippen molar-refractivity contribution in [2.75, 3.05) is 0 Å². The number of nitrogens with one attached hydrogen (secondary N) is 1. The monoisotopic (exact) mass is 284 g/mol. The molecule has 0 aliphatic carbocycles. The zero-order chi connectivity index (χ0) is 15.6. The summed E-state index contributed by atoms with van der Waals surface area (Å²) in [7, 11) is 0. The second kappa shape index (κ2) is 5.87. The van der Waals surface area contributed by atoms with E-state index in [-0.39, 0.29) is 0 Å². The molecule has 1 heterocycles. The molecule has 2 rings (SSSR count). The number of rotatable bonds is 5. The number of hydrogen-bond donors (Lipinski definition) is 1. The molecule has 2 aromatic rings. The Morgan fingerprint density at radius 3 is 2.62 bits per heavy atom. The van der Waals surface area contributed by atoms with E-state index < -0.39 is 5.54 Å². The second-order valence-electron chi connectivity index (χ2n) is 6.36. The number of fused-ring (bicyclic) bond motifs is 1. The van der Waals surface area contributed by atoms with Crippen LogP contribution in [0.25, 0.3) is 11.0 Å². The van der Waals surface area contributed by atoms with Gasteiger partial charge in [-0.25, -0.2) is 4.98 Å². The van der Waals surface area contributed by atoms with Crippen molar-refractivity contribution < 1.29 is 0 Å². The highest BCUT2D eigenvalue weighted by molar-refractivity contribution is 5.77. The zero-order valence-corrected chi connectivity index (χ0v) is 13.6. The highest BCUT2D eigenvalue weighted by atomic mass is 15.1. The van der Waals surface area contributed by atoms with Crippen molar-refractivity contribution in [2.24, 2.45) is 0 Å². The first-order chi connectivity index (χ1) is 9.84. The van der Waals surface area contributed by atoms with Crippen LogP contribution in [0, 0.1) is 25.2 Å². The van der Waals surface area contributed by atoms with E-state index >= 15 is 0 Å². The molecule has 1 unspecified atom stereocenters. The molecule has 1 atom stereocenters. The minimum Gasteiger partial charge on any atom is -0.330 e. The topological polar surface area (TPSA) is 53.6 Å². The Hall–Kier alpha value is -1.86. The minimum absolute atomic E-state index is 0.291. The summed E-state index contributed by atoms with van der Waals surface area (Å²) in [6, 6.07) is 6.99. The van der Waals surface area contributed by atoms with Crippen molar-refractivity contribution in [3.8, 4) is 6.07 Å². The molecule has 0 aliphatic heterocycles. The van der Waals surface area contributed by atoms with Crippen LogP contribution in [0.15, 0.2) is 18.5 Å². The molecule has 0 saturated heterocycles. The summed E-state index contributed by atoms with van der Waals surface area (Å²) in [4.78, 5) is 4.47. The number of nitriles is 1. The van der Waals surface area contributed by atoms with Gasteiger partial charge in [-0.3, -0.25) is 5.32 Å². The average Bonchev–Trinajstić information content (AvgIpc) is 2.79. The number of benzene rings is 1. The predicted octanol–water partition coefficient (Wildman–Crippen LogP) is 3.32. The number of nitrogens with zero attached hydrogens (tertiary/aromatic N) is 3. The van der Waals surface area contributed by atoms with Crippen LogP contribution < -0.4 is 5.32 Å². The Morgan fingerprint density at radius 1 is 1.33 bits per heavy atom. The molecule has 1 N–H and O–H groups in total. The average molecular weight is 284 g/mol. The molecule has 0 aliphatic rings. The van der Waals surface area contributed by atoms with Crippen LogP contribution in [0.1, 0.15) is 38.3 Å². The normalized spacial score (nSPS) is 14.3. The van der Waals surface area contributed by atoms with Crippen LogP contribution in [0.5, 0.6) is 0 Å². The molecule has 0 radical (unpaired) electrons. The first kappa shape index (κ1) is 15.5. The summed E-state index contributed by atoms with van der Waals surface area (Å²) in [5, 5.41) is 12.8. The summed E-state index contributed by atoms with van der Waals surface area (Å²) in [5.41, 5.74) is 4.19. The highest BCUT2D eigenvalue weighted by Gasteiger charge is 2.24. The van der Waals surface area contributed by atoms with Gasteiger partial charge in [-0.1, -0.05) is 0 Å². The summed E-state index contributed by atoms with van der Waals surface area (Å²) in [6.45, 7) is 11.1. The third kappa shape index (κ3) is 3.43. The van der Waals surface area contributed by atoms with Crippen LogP contribution in [-0.4, -0.2) is 21.1 Å². The lowest BCUT2D eigenvalue weighted by Gasteiger charge is -2.26. The number of aromatic nitrogens is 2. The molecule has 4 nitrogen and oxygen atoms in total. The van der Waals surface area contributed by atoms with Crippen molar-refractivity contribution in [2.45, 2.75) is 59.2 Å².